The Kier molecular flexibility index (Phi) is 4.88. The smallest absolute Gasteiger partial charge is 0.162 e. The Morgan fingerprint density at radius 1 is 1.07 bits per heavy atom. The van der Waals surface area contributed by atoms with Gasteiger partial charge >= 0.3 is 0 Å². The molecule has 1 aromatic heterocycles. The van der Waals surface area contributed by atoms with Crippen LogP contribution in [0.1, 0.15) is 24.6 Å². The zero-order valence-corrected chi connectivity index (χ0v) is 16.9. The number of nitrogens with zero attached hydrogens (tertiary/aromatic N) is 2. The Hall–Kier alpha value is -2.40. The van der Waals surface area contributed by atoms with Crippen molar-refractivity contribution in [3.05, 3.63) is 70.9 Å². The molecule has 1 atom stereocenters. The number of hydrogen-bond acceptors (Lipinski definition) is 4. The van der Waals surface area contributed by atoms with Crippen LogP contribution in [0.5, 0.6) is 0 Å². The zero-order valence-electron chi connectivity index (χ0n) is 15.4. The van der Waals surface area contributed by atoms with Crippen molar-refractivity contribution in [2.45, 2.75) is 24.8 Å². The Labute approximate surface area is 173 Å². The number of halogens is 2. The maximum atomic E-state index is 6.81. The molecule has 1 aliphatic carbocycles. The second-order valence-corrected chi connectivity index (χ2v) is 8.38. The first-order valence-corrected chi connectivity index (χ1v) is 9.77. The van der Waals surface area contributed by atoms with Crippen LogP contribution >= 0.6 is 23.2 Å². The molecule has 1 aliphatic rings. The van der Waals surface area contributed by atoms with E-state index in [4.69, 9.17) is 39.7 Å². The quantitative estimate of drug-likeness (QED) is 0.578. The van der Waals surface area contributed by atoms with E-state index >= 15 is 0 Å². The average Bonchev–Trinajstić information content (AvgIpc) is 2.66. The number of nitrogen functional groups attached to an aromatic ring is 1. The van der Waals surface area contributed by atoms with Crippen molar-refractivity contribution in [2.24, 2.45) is 5.73 Å². The van der Waals surface area contributed by atoms with Gasteiger partial charge in [0.15, 0.2) is 5.82 Å². The van der Waals surface area contributed by atoms with Crippen molar-refractivity contribution < 1.29 is 0 Å². The van der Waals surface area contributed by atoms with E-state index in [1.165, 1.54) is 0 Å². The minimum Gasteiger partial charge on any atom is -0.383 e. The highest BCUT2D eigenvalue weighted by molar-refractivity contribution is 6.34. The fourth-order valence-electron chi connectivity index (χ4n) is 3.61. The third-order valence-corrected chi connectivity index (χ3v) is 5.62. The third kappa shape index (κ3) is 3.28. The summed E-state index contributed by atoms with van der Waals surface area (Å²) in [7, 11) is 0. The molecule has 1 heterocycles. The third-order valence-electron chi connectivity index (χ3n) is 5.02. The fraction of sp³-hybridized carbons (Fsp3) is 0.182. The summed E-state index contributed by atoms with van der Waals surface area (Å²) in [5.74, 6) is 0.917. The molecule has 2 aromatic carbocycles. The summed E-state index contributed by atoms with van der Waals surface area (Å²) in [6.45, 7) is 2.14. The molecule has 4 N–H and O–H groups in total. The SMILES string of the molecule is CC1(Cl)CC(Cl)=CC=C1c1nc(-c2cccc3ccccc23)nc(N)c1CN. The Bertz CT molecular complexity index is 1130. The summed E-state index contributed by atoms with van der Waals surface area (Å²) in [4.78, 5) is 8.73. The standard InChI is InChI=1S/C22H20Cl2N4/c1-22(24)11-14(23)9-10-18(22)19-17(12-25)20(26)28-21(27-19)16-8-4-6-13-5-2-3-7-15(13)16/h2-10H,11-12,25H2,1H3,(H2,26,27,28). The van der Waals surface area contributed by atoms with Crippen LogP contribution < -0.4 is 11.5 Å². The van der Waals surface area contributed by atoms with E-state index in [1.807, 2.05) is 43.3 Å². The lowest BCUT2D eigenvalue weighted by Gasteiger charge is -2.29. The summed E-state index contributed by atoms with van der Waals surface area (Å²) < 4.78 is 0. The van der Waals surface area contributed by atoms with Crippen LogP contribution in [0, 0.1) is 0 Å². The number of hydrogen-bond donors (Lipinski definition) is 2. The van der Waals surface area contributed by atoms with Gasteiger partial charge in [-0.25, -0.2) is 9.97 Å². The van der Waals surface area contributed by atoms with Crippen LogP contribution in [0.4, 0.5) is 5.82 Å². The number of alkyl halides is 1. The lowest BCUT2D eigenvalue weighted by atomic mass is 9.87. The second kappa shape index (κ2) is 7.21. The normalized spacial score (nSPS) is 19.4. The van der Waals surface area contributed by atoms with Crippen LogP contribution in [0.2, 0.25) is 0 Å². The maximum absolute atomic E-state index is 6.81. The lowest BCUT2D eigenvalue weighted by Crippen LogP contribution is -2.24. The summed E-state index contributed by atoms with van der Waals surface area (Å²) in [6, 6.07) is 14.2. The van der Waals surface area contributed by atoms with Gasteiger partial charge in [0, 0.05) is 29.1 Å². The second-order valence-electron chi connectivity index (χ2n) is 7.06. The molecular weight excluding hydrogens is 391 g/mol. The molecule has 0 saturated carbocycles. The van der Waals surface area contributed by atoms with Crippen molar-refractivity contribution in [3.8, 4) is 11.4 Å². The van der Waals surface area contributed by atoms with Gasteiger partial charge in [0.2, 0.25) is 0 Å². The maximum Gasteiger partial charge on any atom is 0.162 e. The van der Waals surface area contributed by atoms with E-state index in [-0.39, 0.29) is 6.54 Å². The van der Waals surface area contributed by atoms with E-state index in [1.54, 1.807) is 0 Å². The summed E-state index contributed by atoms with van der Waals surface area (Å²) >= 11 is 13.0. The molecule has 142 valence electrons. The number of allylic oxidation sites excluding steroid dienone is 4. The van der Waals surface area contributed by atoms with E-state index in [0.717, 1.165) is 21.9 Å². The van der Waals surface area contributed by atoms with Crippen molar-refractivity contribution in [1.29, 1.82) is 0 Å². The predicted octanol–water partition coefficient (Wildman–Crippen LogP) is 5.25. The highest BCUT2D eigenvalue weighted by atomic mass is 35.5. The number of aromatic nitrogens is 2. The molecule has 28 heavy (non-hydrogen) atoms. The summed E-state index contributed by atoms with van der Waals surface area (Å²) in [6.07, 6.45) is 4.25. The first-order chi connectivity index (χ1) is 13.4. The van der Waals surface area contributed by atoms with Crippen LogP contribution in [-0.2, 0) is 6.54 Å². The largest absolute Gasteiger partial charge is 0.383 e. The minimum atomic E-state index is -0.702. The van der Waals surface area contributed by atoms with Gasteiger partial charge in [0.05, 0.1) is 10.6 Å². The van der Waals surface area contributed by atoms with Gasteiger partial charge in [-0.05, 0) is 29.3 Å². The summed E-state index contributed by atoms with van der Waals surface area (Å²) in [5, 5.41) is 2.87. The predicted molar refractivity (Wildman–Crippen MR) is 118 cm³/mol. The van der Waals surface area contributed by atoms with Gasteiger partial charge < -0.3 is 11.5 Å². The highest BCUT2D eigenvalue weighted by Crippen LogP contribution is 2.43. The van der Waals surface area contributed by atoms with E-state index in [9.17, 15) is 0 Å². The highest BCUT2D eigenvalue weighted by Gasteiger charge is 2.33. The molecule has 4 nitrogen and oxygen atoms in total. The molecule has 1 unspecified atom stereocenters. The van der Waals surface area contributed by atoms with Crippen molar-refractivity contribution in [2.75, 3.05) is 5.73 Å². The van der Waals surface area contributed by atoms with Crippen LogP contribution in [0.25, 0.3) is 27.7 Å². The molecule has 0 saturated heterocycles. The molecule has 0 aliphatic heterocycles. The number of nitrogens with two attached hydrogens (primary N) is 2. The van der Waals surface area contributed by atoms with Crippen molar-refractivity contribution in [3.63, 3.8) is 0 Å². The van der Waals surface area contributed by atoms with Gasteiger partial charge in [-0.3, -0.25) is 0 Å². The minimum absolute atomic E-state index is 0.221. The molecule has 3 aromatic rings. The molecule has 0 radical (unpaired) electrons. The number of rotatable bonds is 3. The number of benzene rings is 2. The van der Waals surface area contributed by atoms with Crippen LogP contribution in [0.3, 0.4) is 0 Å². The molecule has 0 amide bonds. The Morgan fingerprint density at radius 3 is 2.57 bits per heavy atom. The number of anilines is 1. The zero-order chi connectivity index (χ0) is 19.9. The van der Waals surface area contributed by atoms with Gasteiger partial charge in [-0.1, -0.05) is 60.1 Å². The first kappa shape index (κ1) is 18.9. The number of fused-ring (bicyclic) bond motifs is 1. The molecule has 4 rings (SSSR count). The van der Waals surface area contributed by atoms with Gasteiger partial charge in [0.25, 0.3) is 0 Å². The summed E-state index contributed by atoms with van der Waals surface area (Å²) in [5.41, 5.74) is 15.4. The topological polar surface area (TPSA) is 77.8 Å². The molecule has 0 fully saturated rings. The van der Waals surface area contributed by atoms with E-state index < -0.39 is 4.87 Å². The van der Waals surface area contributed by atoms with Gasteiger partial charge in [-0.2, -0.15) is 0 Å². The van der Waals surface area contributed by atoms with E-state index in [0.29, 0.717) is 34.4 Å². The molecule has 0 spiro atoms. The fourth-order valence-corrected chi connectivity index (χ4v) is 4.31. The van der Waals surface area contributed by atoms with E-state index in [2.05, 4.69) is 23.2 Å². The van der Waals surface area contributed by atoms with Crippen LogP contribution in [-0.4, -0.2) is 14.8 Å². The van der Waals surface area contributed by atoms with Crippen molar-refractivity contribution >= 4 is 45.4 Å². The van der Waals surface area contributed by atoms with Gasteiger partial charge in [-0.15, -0.1) is 11.6 Å². The Morgan fingerprint density at radius 2 is 1.82 bits per heavy atom. The Balaban J connectivity index is 1.98. The molecule has 6 heteroatoms. The van der Waals surface area contributed by atoms with Crippen molar-refractivity contribution in [1.82, 2.24) is 9.97 Å². The molecule has 0 bridgehead atoms. The monoisotopic (exact) mass is 410 g/mol. The average molecular weight is 411 g/mol. The van der Waals surface area contributed by atoms with Crippen LogP contribution in [0.15, 0.2) is 59.6 Å². The lowest BCUT2D eigenvalue weighted by molar-refractivity contribution is 0.785. The van der Waals surface area contributed by atoms with Gasteiger partial charge in [0.1, 0.15) is 5.82 Å². The molecular formula is C22H20Cl2N4. The first-order valence-electron chi connectivity index (χ1n) is 9.01.